The van der Waals surface area contributed by atoms with E-state index in [9.17, 15) is 0 Å². The van der Waals surface area contributed by atoms with Crippen LogP contribution in [0, 0.1) is 7.43 Å². The van der Waals surface area contributed by atoms with Crippen LogP contribution in [0.5, 0.6) is 0 Å². The monoisotopic (exact) mass is 248 g/mol. The molecule has 0 aromatic heterocycles. The van der Waals surface area contributed by atoms with Crippen LogP contribution < -0.4 is 20.4 Å². The van der Waals surface area contributed by atoms with E-state index < -0.39 is 23.9 Å². The van der Waals surface area contributed by atoms with E-state index in [2.05, 4.69) is 0 Å². The summed E-state index contributed by atoms with van der Waals surface area (Å²) in [6.07, 6.45) is 0. The molecule has 0 heterocycles. The minimum Gasteiger partial charge on any atom is -0.550 e. The number of carboxylic acids is 4. The molecule has 0 saturated heterocycles. The summed E-state index contributed by atoms with van der Waals surface area (Å²) >= 11 is 0. The second kappa shape index (κ2) is 23.6. The number of hydrogen-bond donors (Lipinski definition) is 0. The van der Waals surface area contributed by atoms with Crippen LogP contribution in [-0.4, -0.2) is 23.9 Å². The minimum atomic E-state index is -1.08. The number of carboxylic acid groups (broad SMARTS) is 4. The van der Waals surface area contributed by atoms with Gasteiger partial charge in [0.25, 0.3) is 0 Å². The smallest absolute Gasteiger partial charge is 0.550 e. The van der Waals surface area contributed by atoms with Crippen LogP contribution in [0.4, 0.5) is 0 Å². The summed E-state index contributed by atoms with van der Waals surface area (Å²) in [6, 6.07) is 0. The van der Waals surface area contributed by atoms with Gasteiger partial charge in [0.1, 0.15) is 0 Å². The van der Waals surface area contributed by atoms with E-state index in [0.29, 0.717) is 0 Å². The van der Waals surface area contributed by atoms with E-state index in [1.807, 2.05) is 0 Å². The first-order valence-electron chi connectivity index (χ1n) is 3.63. The maximum absolute atomic E-state index is 8.89. The molecule has 8 heteroatoms. The van der Waals surface area contributed by atoms with E-state index in [-0.39, 0.29) is 7.43 Å². The molecule has 0 spiro atoms. The number of carbonyl (C=O) groups is 4. The van der Waals surface area contributed by atoms with Gasteiger partial charge in [-0.15, -0.1) is 0 Å². The molecule has 0 saturated carbocycles. The van der Waals surface area contributed by atoms with Crippen molar-refractivity contribution in [3.8, 4) is 0 Å². The van der Waals surface area contributed by atoms with Gasteiger partial charge in [-0.1, -0.05) is 0 Å². The predicted molar refractivity (Wildman–Crippen MR) is 46.0 cm³/mol. The quantitative estimate of drug-likeness (QED) is 0.412. The van der Waals surface area contributed by atoms with Crippen molar-refractivity contribution in [2.75, 3.05) is 0 Å². The second-order valence-corrected chi connectivity index (χ2v) is 1.97. The molecule has 0 bridgehead atoms. The molecule has 0 amide bonds. The zero-order valence-electron chi connectivity index (χ0n) is 9.77. The molecule has 0 radical (unpaired) electrons. The second-order valence-electron chi connectivity index (χ2n) is 1.97. The standard InChI is InChI=1S/4C2H4O2.C/c4*1-2(3)4;/h4*1H3,(H,3,4);/q;;;;+4/p-4. The molecule has 0 aromatic rings. The summed E-state index contributed by atoms with van der Waals surface area (Å²) in [4.78, 5) is 35.6. The van der Waals surface area contributed by atoms with Crippen LogP contribution in [0.3, 0.4) is 0 Å². The number of rotatable bonds is 0. The van der Waals surface area contributed by atoms with E-state index in [1.165, 1.54) is 0 Å². The van der Waals surface area contributed by atoms with Crippen molar-refractivity contribution in [2.24, 2.45) is 0 Å². The van der Waals surface area contributed by atoms with Gasteiger partial charge in [0.15, 0.2) is 0 Å². The maximum Gasteiger partial charge on any atom is 4.00 e. The molecule has 0 fully saturated rings. The van der Waals surface area contributed by atoms with Crippen LogP contribution in [0.15, 0.2) is 0 Å². The van der Waals surface area contributed by atoms with Gasteiger partial charge in [0, 0.05) is 23.9 Å². The Hall–Kier alpha value is -2.12. The Labute approximate surface area is 99.5 Å². The molecular weight excluding hydrogens is 236 g/mol. The number of hydrogen-bond acceptors (Lipinski definition) is 8. The molecular formula is C9H12O8. The first-order chi connectivity index (χ1) is 6.93. The Morgan fingerprint density at radius 1 is 0.529 bits per heavy atom. The zero-order valence-corrected chi connectivity index (χ0v) is 9.77. The largest absolute Gasteiger partial charge is 4.00 e. The van der Waals surface area contributed by atoms with Crippen molar-refractivity contribution in [3.63, 3.8) is 0 Å². The van der Waals surface area contributed by atoms with E-state index >= 15 is 0 Å². The molecule has 96 valence electrons. The summed E-state index contributed by atoms with van der Waals surface area (Å²) in [6.45, 7) is 3.89. The van der Waals surface area contributed by atoms with Gasteiger partial charge in [0.05, 0.1) is 0 Å². The molecule has 0 rings (SSSR count). The maximum atomic E-state index is 8.89. The Kier molecular flexibility index (Phi) is 40.7. The fourth-order valence-electron chi connectivity index (χ4n) is 0. The Morgan fingerprint density at radius 2 is 0.529 bits per heavy atom. The van der Waals surface area contributed by atoms with Crippen molar-refractivity contribution in [3.05, 3.63) is 7.43 Å². The molecule has 0 atom stereocenters. The van der Waals surface area contributed by atoms with Crippen molar-refractivity contribution in [1.82, 2.24) is 0 Å². The van der Waals surface area contributed by atoms with Crippen molar-refractivity contribution in [1.29, 1.82) is 0 Å². The van der Waals surface area contributed by atoms with Gasteiger partial charge in [-0.3, -0.25) is 0 Å². The minimum absolute atomic E-state index is 0. The van der Waals surface area contributed by atoms with Gasteiger partial charge in [0.2, 0.25) is 0 Å². The average Bonchev–Trinajstić information content (AvgIpc) is 1.76. The molecule has 0 N–H and O–H groups in total. The molecule has 0 aliphatic carbocycles. The van der Waals surface area contributed by atoms with Crippen LogP contribution in [0.25, 0.3) is 0 Å². The van der Waals surface area contributed by atoms with E-state index in [0.717, 1.165) is 27.7 Å². The SMILES string of the molecule is CC(=O)[O-].CC(=O)[O-].CC(=O)[O-].CC(=O)[O-].[C+4]. The van der Waals surface area contributed by atoms with Gasteiger partial charge in [-0.2, -0.15) is 0 Å². The topological polar surface area (TPSA) is 161 Å². The summed E-state index contributed by atoms with van der Waals surface area (Å²) in [5.41, 5.74) is 0. The first kappa shape index (κ1) is 29.4. The fourth-order valence-corrected chi connectivity index (χ4v) is 0. The average molecular weight is 248 g/mol. The first-order valence-corrected chi connectivity index (χ1v) is 3.63. The molecule has 8 nitrogen and oxygen atoms in total. The van der Waals surface area contributed by atoms with Gasteiger partial charge in [-0.05, 0) is 27.7 Å². The molecule has 0 aliphatic rings. The summed E-state index contributed by atoms with van der Waals surface area (Å²) < 4.78 is 0. The van der Waals surface area contributed by atoms with Gasteiger partial charge in [-0.25, -0.2) is 0 Å². The molecule has 0 aromatic carbocycles. The normalized spacial score (nSPS) is 5.88. The predicted octanol–water partition coefficient (Wildman–Crippen LogP) is -4.89. The van der Waals surface area contributed by atoms with Crippen LogP contribution in [0.1, 0.15) is 27.7 Å². The Morgan fingerprint density at radius 3 is 0.529 bits per heavy atom. The zero-order chi connectivity index (χ0) is 14.3. The van der Waals surface area contributed by atoms with Crippen LogP contribution in [0.2, 0.25) is 0 Å². The van der Waals surface area contributed by atoms with Crippen molar-refractivity contribution >= 4 is 23.9 Å². The molecule has 0 unspecified atom stereocenters. The third-order valence-electron chi connectivity index (χ3n) is 0. The Balaban J connectivity index is -0.0000000369. The van der Waals surface area contributed by atoms with E-state index in [4.69, 9.17) is 39.6 Å². The summed E-state index contributed by atoms with van der Waals surface area (Å²) in [7, 11) is 0. The number of aliphatic carboxylic acids is 4. The molecule has 17 heavy (non-hydrogen) atoms. The summed E-state index contributed by atoms with van der Waals surface area (Å²) in [5.74, 6) is -4.33. The van der Waals surface area contributed by atoms with Crippen LogP contribution >= 0.6 is 0 Å². The van der Waals surface area contributed by atoms with E-state index in [1.54, 1.807) is 0 Å². The Bertz CT molecular complexity index is 157. The third-order valence-corrected chi connectivity index (χ3v) is 0. The summed E-state index contributed by atoms with van der Waals surface area (Å²) in [5, 5.41) is 35.6. The number of carbonyl (C=O) groups excluding carboxylic acids is 4. The van der Waals surface area contributed by atoms with Gasteiger partial charge < -0.3 is 39.6 Å². The molecule has 0 aliphatic heterocycles. The van der Waals surface area contributed by atoms with Crippen molar-refractivity contribution in [2.45, 2.75) is 27.7 Å². The fraction of sp³-hybridized carbons (Fsp3) is 0.444. The third kappa shape index (κ3) is 436. The van der Waals surface area contributed by atoms with Gasteiger partial charge >= 0.3 is 7.43 Å². The van der Waals surface area contributed by atoms with Crippen molar-refractivity contribution < 1.29 is 39.6 Å². The van der Waals surface area contributed by atoms with Crippen LogP contribution in [-0.2, 0) is 19.2 Å².